The summed E-state index contributed by atoms with van der Waals surface area (Å²) in [6.07, 6.45) is 0.593. The topological polar surface area (TPSA) is 89.3 Å². The molecular weight excluding hydrogens is 341 g/mol. The lowest BCUT2D eigenvalue weighted by molar-refractivity contribution is -0.0158. The molecule has 2 rings (SSSR count). The largest absolute Gasteiger partial charge is 0.352 e. The maximum Gasteiger partial charge on any atom is 0.322 e. The average molecular weight is 358 g/mol. The molecule has 1 aromatic heterocycles. The predicted octanol–water partition coefficient (Wildman–Crippen LogP) is 2.26. The summed E-state index contributed by atoms with van der Waals surface area (Å²) in [5.74, 6) is -5.75. The minimum absolute atomic E-state index is 0.123. The number of amides is 1. The number of carbonyl (C=O) groups is 1. The van der Waals surface area contributed by atoms with Crippen LogP contribution in [0, 0.1) is 5.82 Å². The third-order valence-electron chi connectivity index (χ3n) is 3.16. The van der Waals surface area contributed by atoms with Crippen LogP contribution in [0.3, 0.4) is 0 Å². The Labute approximate surface area is 141 Å². The average Bonchev–Trinajstić information content (AvgIpc) is 3.04. The van der Waals surface area contributed by atoms with Crippen molar-refractivity contribution >= 4 is 5.91 Å². The van der Waals surface area contributed by atoms with E-state index >= 15 is 0 Å². The molecular formula is C15H17F3N4O3. The van der Waals surface area contributed by atoms with Crippen LogP contribution in [0.2, 0.25) is 0 Å². The van der Waals surface area contributed by atoms with Crippen molar-refractivity contribution < 1.29 is 27.3 Å². The highest BCUT2D eigenvalue weighted by atomic mass is 19.3. The highest BCUT2D eigenvalue weighted by Crippen LogP contribution is 2.27. The smallest absolute Gasteiger partial charge is 0.322 e. The standard InChI is InChI=1S/C15H17F3N4O3/c1-15(17,18)14-21-12(22-25-14)9-4-5-10(11(16)8-9)13(23)19-6-3-7-20-24-2/h4-5,8,20H,3,6-7H2,1-2H3,(H,19,23). The van der Waals surface area contributed by atoms with Crippen LogP contribution in [-0.4, -0.2) is 36.2 Å². The number of nitrogens with one attached hydrogen (secondary N) is 2. The Morgan fingerprint density at radius 2 is 2.12 bits per heavy atom. The first kappa shape index (κ1) is 18.9. The maximum atomic E-state index is 14.1. The molecule has 2 aromatic rings. The zero-order chi connectivity index (χ0) is 18.4. The molecule has 25 heavy (non-hydrogen) atoms. The second-order valence-corrected chi connectivity index (χ2v) is 5.21. The Morgan fingerprint density at radius 1 is 1.36 bits per heavy atom. The molecule has 0 aliphatic carbocycles. The molecule has 0 saturated carbocycles. The van der Waals surface area contributed by atoms with Gasteiger partial charge in [-0.15, -0.1) is 0 Å². The number of hydrogen-bond acceptors (Lipinski definition) is 6. The number of nitrogens with zero attached hydrogens (tertiary/aromatic N) is 2. The molecule has 2 N–H and O–H groups in total. The molecule has 1 aromatic carbocycles. The van der Waals surface area contributed by atoms with Crippen molar-refractivity contribution in [3.63, 3.8) is 0 Å². The van der Waals surface area contributed by atoms with Gasteiger partial charge in [-0.05, 0) is 18.6 Å². The van der Waals surface area contributed by atoms with Crippen LogP contribution in [0.5, 0.6) is 0 Å². The molecule has 0 atom stereocenters. The van der Waals surface area contributed by atoms with Crippen LogP contribution in [0.15, 0.2) is 22.7 Å². The van der Waals surface area contributed by atoms with E-state index in [1.54, 1.807) is 0 Å². The second kappa shape index (κ2) is 8.08. The number of hydroxylamine groups is 1. The lowest BCUT2D eigenvalue weighted by Crippen LogP contribution is -2.27. The number of alkyl halides is 2. The third kappa shape index (κ3) is 5.00. The summed E-state index contributed by atoms with van der Waals surface area (Å²) in [5.41, 5.74) is 2.56. The fourth-order valence-electron chi connectivity index (χ4n) is 1.92. The minimum atomic E-state index is -3.29. The predicted molar refractivity (Wildman–Crippen MR) is 81.2 cm³/mol. The van der Waals surface area contributed by atoms with Crippen LogP contribution in [-0.2, 0) is 10.8 Å². The number of rotatable bonds is 8. The number of hydrogen-bond donors (Lipinski definition) is 2. The first-order valence-electron chi connectivity index (χ1n) is 7.39. The molecule has 0 spiro atoms. The normalized spacial score (nSPS) is 11.6. The van der Waals surface area contributed by atoms with Gasteiger partial charge in [-0.25, -0.2) is 9.87 Å². The lowest BCUT2D eigenvalue weighted by Gasteiger charge is -2.07. The number of benzene rings is 1. The molecule has 0 radical (unpaired) electrons. The van der Waals surface area contributed by atoms with Crippen molar-refractivity contribution in [2.75, 3.05) is 20.2 Å². The van der Waals surface area contributed by atoms with Gasteiger partial charge in [0.25, 0.3) is 11.8 Å². The molecule has 1 amide bonds. The number of halogens is 3. The third-order valence-corrected chi connectivity index (χ3v) is 3.16. The molecule has 136 valence electrons. The van der Waals surface area contributed by atoms with Crippen molar-refractivity contribution in [3.05, 3.63) is 35.5 Å². The van der Waals surface area contributed by atoms with E-state index in [1.165, 1.54) is 19.2 Å². The molecule has 0 aliphatic heterocycles. The monoisotopic (exact) mass is 358 g/mol. The van der Waals surface area contributed by atoms with E-state index in [1.807, 2.05) is 0 Å². The zero-order valence-electron chi connectivity index (χ0n) is 13.6. The Bertz CT molecular complexity index is 731. The van der Waals surface area contributed by atoms with Gasteiger partial charge in [-0.2, -0.15) is 13.8 Å². The van der Waals surface area contributed by atoms with Crippen LogP contribution < -0.4 is 10.8 Å². The SMILES string of the molecule is CONCCCNC(=O)c1ccc(-c2noc(C(C)(F)F)n2)cc1F. The summed E-state index contributed by atoms with van der Waals surface area (Å²) in [7, 11) is 1.48. The van der Waals surface area contributed by atoms with E-state index < -0.39 is 23.5 Å². The number of carbonyl (C=O) groups excluding carboxylic acids is 1. The molecule has 7 nitrogen and oxygen atoms in total. The molecule has 0 bridgehead atoms. The van der Waals surface area contributed by atoms with Gasteiger partial charge in [-0.3, -0.25) is 4.79 Å². The van der Waals surface area contributed by atoms with Crippen molar-refractivity contribution in [1.82, 2.24) is 20.9 Å². The zero-order valence-corrected chi connectivity index (χ0v) is 13.6. The minimum Gasteiger partial charge on any atom is -0.352 e. The Kier molecular flexibility index (Phi) is 6.10. The van der Waals surface area contributed by atoms with E-state index in [0.717, 1.165) is 6.07 Å². The van der Waals surface area contributed by atoms with Crippen LogP contribution in [0.25, 0.3) is 11.4 Å². The van der Waals surface area contributed by atoms with Gasteiger partial charge < -0.3 is 14.7 Å². The molecule has 10 heteroatoms. The maximum absolute atomic E-state index is 14.1. The van der Waals surface area contributed by atoms with Crippen LogP contribution in [0.4, 0.5) is 13.2 Å². The van der Waals surface area contributed by atoms with Crippen molar-refractivity contribution in [1.29, 1.82) is 0 Å². The first-order valence-corrected chi connectivity index (χ1v) is 7.39. The highest BCUT2D eigenvalue weighted by Gasteiger charge is 2.32. The summed E-state index contributed by atoms with van der Waals surface area (Å²) in [4.78, 5) is 20.1. The van der Waals surface area contributed by atoms with Gasteiger partial charge in [-0.1, -0.05) is 11.2 Å². The summed E-state index contributed by atoms with van der Waals surface area (Å²) in [6.45, 7) is 1.47. The van der Waals surface area contributed by atoms with Crippen molar-refractivity contribution in [2.24, 2.45) is 0 Å². The summed E-state index contributed by atoms with van der Waals surface area (Å²) in [5, 5.41) is 5.95. The number of aromatic nitrogens is 2. The molecule has 0 aliphatic rings. The van der Waals surface area contributed by atoms with E-state index in [0.29, 0.717) is 26.4 Å². The first-order chi connectivity index (χ1) is 11.8. The van der Waals surface area contributed by atoms with Gasteiger partial charge in [0.1, 0.15) is 5.82 Å². The summed E-state index contributed by atoms with van der Waals surface area (Å²) >= 11 is 0. The van der Waals surface area contributed by atoms with E-state index in [-0.39, 0.29) is 17.0 Å². The van der Waals surface area contributed by atoms with E-state index in [4.69, 9.17) is 0 Å². The Morgan fingerprint density at radius 3 is 2.72 bits per heavy atom. The van der Waals surface area contributed by atoms with Gasteiger partial charge in [0.15, 0.2) is 0 Å². The second-order valence-electron chi connectivity index (χ2n) is 5.21. The lowest BCUT2D eigenvalue weighted by atomic mass is 10.1. The Hall–Kier alpha value is -2.46. The quantitative estimate of drug-likeness (QED) is 0.556. The summed E-state index contributed by atoms with van der Waals surface area (Å²) < 4.78 is 44.8. The molecule has 0 unspecified atom stereocenters. The Balaban J connectivity index is 2.05. The van der Waals surface area contributed by atoms with E-state index in [9.17, 15) is 18.0 Å². The molecule has 0 fully saturated rings. The van der Waals surface area contributed by atoms with Crippen LogP contribution in [0.1, 0.15) is 29.6 Å². The van der Waals surface area contributed by atoms with Crippen molar-refractivity contribution in [3.8, 4) is 11.4 Å². The highest BCUT2D eigenvalue weighted by molar-refractivity contribution is 5.94. The molecule has 1 heterocycles. The van der Waals surface area contributed by atoms with Gasteiger partial charge in [0, 0.05) is 25.6 Å². The van der Waals surface area contributed by atoms with Gasteiger partial charge >= 0.3 is 5.92 Å². The summed E-state index contributed by atoms with van der Waals surface area (Å²) in [6, 6.07) is 3.57. The van der Waals surface area contributed by atoms with Gasteiger partial charge in [0.05, 0.1) is 12.7 Å². The fraction of sp³-hybridized carbons (Fsp3) is 0.400. The fourth-order valence-corrected chi connectivity index (χ4v) is 1.92. The molecule has 0 saturated heterocycles. The van der Waals surface area contributed by atoms with Gasteiger partial charge in [0.2, 0.25) is 5.82 Å². The van der Waals surface area contributed by atoms with E-state index in [2.05, 4.69) is 30.3 Å². The van der Waals surface area contributed by atoms with Crippen molar-refractivity contribution in [2.45, 2.75) is 19.3 Å². The van der Waals surface area contributed by atoms with Crippen LogP contribution >= 0.6 is 0 Å².